The first kappa shape index (κ1) is 28.4. The van der Waals surface area contributed by atoms with E-state index in [2.05, 4.69) is 24.5 Å². The first-order valence-electron chi connectivity index (χ1n) is 11.7. The highest BCUT2D eigenvalue weighted by molar-refractivity contribution is 8.00. The van der Waals surface area contributed by atoms with E-state index in [1.54, 1.807) is 7.05 Å². The molecule has 0 radical (unpaired) electrons. The van der Waals surface area contributed by atoms with E-state index in [4.69, 9.17) is 0 Å². The Bertz CT molecular complexity index is 670. The minimum atomic E-state index is -0.761. The number of imide groups is 1. The molecule has 1 aliphatic heterocycles. The predicted molar refractivity (Wildman–Crippen MR) is 129 cm³/mol. The summed E-state index contributed by atoms with van der Waals surface area (Å²) >= 11 is 1.53. The maximum atomic E-state index is 13.1. The Hall–Kier alpha value is -1.61. The van der Waals surface area contributed by atoms with Crippen LogP contribution < -0.4 is 10.6 Å². The Labute approximate surface area is 197 Å². The summed E-state index contributed by atoms with van der Waals surface area (Å²) in [4.78, 5) is 51.0. The van der Waals surface area contributed by atoms with Crippen molar-refractivity contribution in [3.05, 3.63) is 0 Å². The molecule has 0 aliphatic carbocycles. The number of likely N-dealkylation sites (N-methyl/N-ethyl adjacent to an activating group) is 2. The summed E-state index contributed by atoms with van der Waals surface area (Å²) in [7, 11) is 3.12. The Morgan fingerprint density at radius 1 is 1.12 bits per heavy atom. The van der Waals surface area contributed by atoms with Crippen molar-refractivity contribution in [3.8, 4) is 0 Å². The lowest BCUT2D eigenvalue weighted by Gasteiger charge is -2.36. The number of hydrazine groups is 1. The molecule has 1 rings (SSSR count). The summed E-state index contributed by atoms with van der Waals surface area (Å²) in [5, 5.41) is 7.54. The summed E-state index contributed by atoms with van der Waals surface area (Å²) < 4.78 is 0. The average Bonchev–Trinajstić information content (AvgIpc) is 3.01. The lowest BCUT2D eigenvalue weighted by Crippen LogP contribution is -2.60. The van der Waals surface area contributed by atoms with Crippen molar-refractivity contribution in [2.75, 3.05) is 19.8 Å². The molecule has 1 heterocycles. The molecular weight excluding hydrogens is 428 g/mol. The zero-order chi connectivity index (χ0) is 24.6. The molecule has 4 amide bonds. The standard InChI is InChI=1S/C23H42N4O4S/c1-9-16(6)11-10-12-32-17-13-18(28)27(23(17)31)26(8)20(15(4)5)22(30)25-19(14(2)3)21(29)24-7/h14-17,19-20H,9-13H2,1-8H3,(H,24,29)(H,25,30)/t16?,17?,19-,20-/m0/s1. The third-order valence-corrected chi connectivity index (χ3v) is 7.34. The summed E-state index contributed by atoms with van der Waals surface area (Å²) in [5.41, 5.74) is 0. The molecule has 2 unspecified atom stereocenters. The lowest BCUT2D eigenvalue weighted by molar-refractivity contribution is -0.163. The zero-order valence-electron chi connectivity index (χ0n) is 20.9. The normalized spacial score (nSPS) is 19.6. The van der Waals surface area contributed by atoms with Gasteiger partial charge in [-0.3, -0.25) is 19.2 Å². The largest absolute Gasteiger partial charge is 0.357 e. The average molecular weight is 471 g/mol. The summed E-state index contributed by atoms with van der Waals surface area (Å²) in [5.74, 6) is -0.00596. The Kier molecular flexibility index (Phi) is 11.7. The Balaban J connectivity index is 2.87. The number of nitrogens with zero attached hydrogens (tertiary/aromatic N) is 2. The molecule has 1 saturated heterocycles. The van der Waals surface area contributed by atoms with Crippen LogP contribution in [0, 0.1) is 17.8 Å². The van der Waals surface area contributed by atoms with Gasteiger partial charge in [0.1, 0.15) is 12.1 Å². The second-order valence-electron chi connectivity index (χ2n) is 9.37. The van der Waals surface area contributed by atoms with Crippen LogP contribution in [0.4, 0.5) is 0 Å². The van der Waals surface area contributed by atoms with Gasteiger partial charge in [0.2, 0.25) is 17.7 Å². The topological polar surface area (TPSA) is 98.8 Å². The molecular formula is C23H42N4O4S. The van der Waals surface area contributed by atoms with E-state index < -0.39 is 17.3 Å². The Morgan fingerprint density at radius 3 is 2.25 bits per heavy atom. The van der Waals surface area contributed by atoms with Crippen molar-refractivity contribution < 1.29 is 19.2 Å². The second kappa shape index (κ2) is 13.2. The molecule has 2 N–H and O–H groups in total. The smallest absolute Gasteiger partial charge is 0.257 e. The summed E-state index contributed by atoms with van der Waals surface area (Å²) in [6.07, 6.45) is 3.41. The van der Waals surface area contributed by atoms with E-state index in [1.165, 1.54) is 23.8 Å². The highest BCUT2D eigenvalue weighted by atomic mass is 32.2. The molecule has 9 heteroatoms. The van der Waals surface area contributed by atoms with Gasteiger partial charge in [0, 0.05) is 20.5 Å². The fourth-order valence-corrected chi connectivity index (χ4v) is 4.99. The molecule has 0 spiro atoms. The molecule has 1 aliphatic rings. The van der Waals surface area contributed by atoms with Gasteiger partial charge < -0.3 is 10.6 Å². The maximum Gasteiger partial charge on any atom is 0.257 e. The number of carbonyl (C=O) groups is 4. The van der Waals surface area contributed by atoms with Crippen molar-refractivity contribution in [1.29, 1.82) is 0 Å². The zero-order valence-corrected chi connectivity index (χ0v) is 21.8. The van der Waals surface area contributed by atoms with Gasteiger partial charge in [0.25, 0.3) is 5.91 Å². The van der Waals surface area contributed by atoms with E-state index in [1.807, 2.05) is 27.7 Å². The van der Waals surface area contributed by atoms with Crippen molar-refractivity contribution in [1.82, 2.24) is 20.7 Å². The number of hydrogen-bond donors (Lipinski definition) is 2. The lowest BCUT2D eigenvalue weighted by atomic mass is 9.99. The van der Waals surface area contributed by atoms with E-state index in [-0.39, 0.29) is 41.9 Å². The van der Waals surface area contributed by atoms with Crippen molar-refractivity contribution in [3.63, 3.8) is 0 Å². The van der Waals surface area contributed by atoms with Crippen LogP contribution in [0.1, 0.15) is 67.2 Å². The monoisotopic (exact) mass is 470 g/mol. The van der Waals surface area contributed by atoms with E-state index in [0.29, 0.717) is 5.92 Å². The number of carbonyl (C=O) groups excluding carboxylic acids is 4. The van der Waals surface area contributed by atoms with Crippen molar-refractivity contribution >= 4 is 35.4 Å². The minimum absolute atomic E-state index is 0.108. The van der Waals surface area contributed by atoms with Crippen LogP contribution in [-0.4, -0.2) is 70.8 Å². The maximum absolute atomic E-state index is 13.1. The fourth-order valence-electron chi connectivity index (χ4n) is 3.87. The van der Waals surface area contributed by atoms with Crippen LogP contribution in [0.25, 0.3) is 0 Å². The number of amides is 4. The molecule has 0 aromatic heterocycles. The van der Waals surface area contributed by atoms with Gasteiger partial charge in [-0.25, -0.2) is 10.0 Å². The number of hydrogen-bond acceptors (Lipinski definition) is 6. The molecule has 8 nitrogen and oxygen atoms in total. The quantitative estimate of drug-likeness (QED) is 0.317. The van der Waals surface area contributed by atoms with Crippen LogP contribution in [-0.2, 0) is 19.2 Å². The van der Waals surface area contributed by atoms with Gasteiger partial charge in [-0.15, -0.1) is 11.8 Å². The van der Waals surface area contributed by atoms with Crippen LogP contribution in [0.2, 0.25) is 0 Å². The SMILES string of the molecule is CCC(C)CCCSC1CC(=O)N(N(C)[C@H](C(=O)N[C@H](C(=O)NC)C(C)C)C(C)C)C1=O. The molecule has 0 aromatic carbocycles. The number of nitrogens with one attached hydrogen (secondary N) is 2. The second-order valence-corrected chi connectivity index (χ2v) is 10.7. The summed E-state index contributed by atoms with van der Waals surface area (Å²) in [6, 6.07) is -1.45. The van der Waals surface area contributed by atoms with Crippen LogP contribution in [0.3, 0.4) is 0 Å². The first-order valence-corrected chi connectivity index (χ1v) is 12.7. The minimum Gasteiger partial charge on any atom is -0.357 e. The summed E-state index contributed by atoms with van der Waals surface area (Å²) in [6.45, 7) is 11.8. The van der Waals surface area contributed by atoms with Gasteiger partial charge in [0.05, 0.1) is 5.25 Å². The highest BCUT2D eigenvalue weighted by Gasteiger charge is 2.45. The van der Waals surface area contributed by atoms with Crippen LogP contribution in [0.5, 0.6) is 0 Å². The van der Waals surface area contributed by atoms with Gasteiger partial charge >= 0.3 is 0 Å². The molecule has 0 bridgehead atoms. The van der Waals surface area contributed by atoms with Gasteiger partial charge in [-0.05, 0) is 36.3 Å². The van der Waals surface area contributed by atoms with Crippen LogP contribution >= 0.6 is 11.8 Å². The number of thioether (sulfide) groups is 1. The van der Waals surface area contributed by atoms with Crippen LogP contribution in [0.15, 0.2) is 0 Å². The Morgan fingerprint density at radius 2 is 1.75 bits per heavy atom. The van der Waals surface area contributed by atoms with Gasteiger partial charge in [0.15, 0.2) is 0 Å². The molecule has 1 fully saturated rings. The third-order valence-electron chi connectivity index (χ3n) is 6.05. The van der Waals surface area contributed by atoms with Crippen molar-refractivity contribution in [2.24, 2.45) is 17.8 Å². The highest BCUT2D eigenvalue weighted by Crippen LogP contribution is 2.29. The molecule has 32 heavy (non-hydrogen) atoms. The van der Waals surface area contributed by atoms with Gasteiger partial charge in [-0.2, -0.15) is 0 Å². The molecule has 0 saturated carbocycles. The van der Waals surface area contributed by atoms with E-state index in [9.17, 15) is 19.2 Å². The third kappa shape index (κ3) is 7.47. The van der Waals surface area contributed by atoms with Crippen molar-refractivity contribution in [2.45, 2.75) is 84.6 Å². The molecule has 184 valence electrons. The van der Waals surface area contributed by atoms with E-state index >= 15 is 0 Å². The molecule has 4 atom stereocenters. The molecule has 0 aromatic rings. The van der Waals surface area contributed by atoms with Gasteiger partial charge in [-0.1, -0.05) is 48.0 Å². The fraction of sp³-hybridized carbons (Fsp3) is 0.826. The number of rotatable bonds is 13. The first-order chi connectivity index (χ1) is 15.0. The predicted octanol–water partition coefficient (Wildman–Crippen LogP) is 2.43. The van der Waals surface area contributed by atoms with E-state index in [0.717, 1.165) is 30.0 Å².